The van der Waals surface area contributed by atoms with Crippen LogP contribution in [-0.4, -0.2) is 73.2 Å². The highest BCUT2D eigenvalue weighted by molar-refractivity contribution is 6.12. The molecule has 3 atom stereocenters. The lowest BCUT2D eigenvalue weighted by Crippen LogP contribution is -2.55. The molecule has 14 nitrogen and oxygen atoms in total. The fourth-order valence-corrected chi connectivity index (χ4v) is 9.03. The Morgan fingerprint density at radius 1 is 0.600 bits per heavy atom. The number of ether oxygens (including phenoxy) is 2. The molecule has 0 unspecified atom stereocenters. The van der Waals surface area contributed by atoms with E-state index in [2.05, 4.69) is 30.9 Å². The zero-order valence-electron chi connectivity index (χ0n) is 38.0. The average molecular weight is 932 g/mol. The van der Waals surface area contributed by atoms with Gasteiger partial charge in [0.1, 0.15) is 36.3 Å². The van der Waals surface area contributed by atoms with Gasteiger partial charge in [0.2, 0.25) is 11.8 Å². The zero-order valence-corrected chi connectivity index (χ0v) is 38.0. The van der Waals surface area contributed by atoms with E-state index in [1.807, 2.05) is 122 Å². The molecular weight excluding hydrogens is 883 g/mol. The highest BCUT2D eigenvalue weighted by Gasteiger charge is 2.32. The Morgan fingerprint density at radius 3 is 1.89 bits per heavy atom. The normalized spacial score (nSPS) is 12.7. The first kappa shape index (κ1) is 44.8. The van der Waals surface area contributed by atoms with Crippen molar-refractivity contribution >= 4 is 67.2 Å². The van der Waals surface area contributed by atoms with Crippen molar-refractivity contribution in [1.29, 1.82) is 0 Å². The molecule has 0 aliphatic carbocycles. The maximum atomic E-state index is 15.3. The van der Waals surface area contributed by atoms with E-state index >= 15 is 4.79 Å². The van der Waals surface area contributed by atoms with Crippen LogP contribution in [0.1, 0.15) is 22.3 Å². The van der Waals surface area contributed by atoms with Crippen LogP contribution >= 0.6 is 0 Å². The van der Waals surface area contributed by atoms with Gasteiger partial charge < -0.3 is 50.6 Å². The Hall–Kier alpha value is -9.04. The van der Waals surface area contributed by atoms with Crippen molar-refractivity contribution < 1.29 is 34.1 Å². The minimum absolute atomic E-state index is 0.0152. The number of aromatic hydroxyl groups is 2. The van der Waals surface area contributed by atoms with Crippen LogP contribution in [0.2, 0.25) is 0 Å². The number of amides is 2. The molecule has 6 aromatic carbocycles. The van der Waals surface area contributed by atoms with Gasteiger partial charge in [-0.3, -0.25) is 9.59 Å². The summed E-state index contributed by atoms with van der Waals surface area (Å²) in [4.78, 5) is 59.4. The first-order chi connectivity index (χ1) is 34.2. The number of benzene rings is 6. The molecule has 0 saturated heterocycles. The number of nitrogens with one attached hydrogen (secondary N) is 6. The molecule has 14 heteroatoms. The summed E-state index contributed by atoms with van der Waals surface area (Å²) in [6.07, 6.45) is 4.00. The van der Waals surface area contributed by atoms with E-state index < -0.39 is 35.9 Å². The van der Waals surface area contributed by atoms with Crippen molar-refractivity contribution in [3.05, 3.63) is 186 Å². The number of carbonyl (C=O) groups is 3. The molecular formula is C56H49N7O7. The highest BCUT2D eigenvalue weighted by Crippen LogP contribution is 2.37. The smallest absolute Gasteiger partial charge is 0.329 e. The van der Waals surface area contributed by atoms with E-state index in [-0.39, 0.29) is 43.1 Å². The first-order valence-corrected chi connectivity index (χ1v) is 22.9. The van der Waals surface area contributed by atoms with Crippen LogP contribution in [0.3, 0.4) is 0 Å². The molecule has 0 bridgehead atoms. The summed E-state index contributed by atoms with van der Waals surface area (Å²) in [6.45, 7) is -0.0152. The lowest BCUT2D eigenvalue weighted by atomic mass is 10.0. The number of carbonyl (C=O) groups excluding carboxylic acids is 3. The Morgan fingerprint density at radius 2 is 1.20 bits per heavy atom. The van der Waals surface area contributed by atoms with Crippen LogP contribution in [0, 0.1) is 0 Å². The van der Waals surface area contributed by atoms with Crippen molar-refractivity contribution in [3.63, 3.8) is 0 Å². The lowest BCUT2D eigenvalue weighted by molar-refractivity contribution is -0.149. The monoisotopic (exact) mass is 931 g/mol. The number of anilines is 1. The quantitative estimate of drug-likeness (QED) is 0.0410. The number of phenolic OH excluding ortho intramolecular Hbond substituents is 2. The summed E-state index contributed by atoms with van der Waals surface area (Å²) < 4.78 is 11.3. The molecule has 0 fully saturated rings. The van der Waals surface area contributed by atoms with Crippen molar-refractivity contribution in [3.8, 4) is 28.5 Å². The number of aromatic nitrogens is 4. The Kier molecular flexibility index (Phi) is 12.6. The molecule has 8 N–H and O–H groups in total. The Bertz CT molecular complexity index is 3510. The fourth-order valence-electron chi connectivity index (χ4n) is 9.03. The largest absolute Gasteiger partial charge is 0.508 e. The van der Waals surface area contributed by atoms with Gasteiger partial charge in [-0.1, -0.05) is 97.1 Å². The van der Waals surface area contributed by atoms with E-state index in [0.717, 1.165) is 60.3 Å². The van der Waals surface area contributed by atoms with Crippen molar-refractivity contribution in [2.24, 2.45) is 0 Å². The minimum atomic E-state index is -1.19. The SMILES string of the molecule is COc1cc(-c2nc(N[C@@H](Cc3c[nH]c4ccccc34)C(=O)N[C@@H](Cc3c[nH]c4ccccc34)C(=O)N[C@@H](Cc3ccc(O)cc3)C(=O)OCc3ccccc3)cc3c2[nH]c2ccccc23)ccc1O. The molecule has 70 heavy (non-hydrogen) atoms. The van der Waals surface area contributed by atoms with Gasteiger partial charge in [-0.05, 0) is 76.9 Å². The summed E-state index contributed by atoms with van der Waals surface area (Å²) in [5.41, 5.74) is 7.68. The van der Waals surface area contributed by atoms with Crippen LogP contribution < -0.4 is 20.7 Å². The molecule has 0 aliphatic rings. The summed E-state index contributed by atoms with van der Waals surface area (Å²) in [5.74, 6) is -1.08. The number of esters is 1. The number of rotatable bonds is 17. The molecule has 0 saturated carbocycles. The van der Waals surface area contributed by atoms with Gasteiger partial charge in [0.05, 0.1) is 18.3 Å². The van der Waals surface area contributed by atoms with Gasteiger partial charge in [0.25, 0.3) is 0 Å². The molecule has 4 aromatic heterocycles. The number of H-pyrrole nitrogens is 3. The topological polar surface area (TPSA) is 206 Å². The number of aromatic amines is 3. The standard InChI is InChI=1S/C56H49N7O7/c1-69-50-28-35(21-24-49(50)65)52-53-42(41-15-7-10-18-45(41)60-53)29-51(63-52)59-46(26-36-30-57-43-16-8-5-13-39(36)43)54(66)61-47(27-37-31-58-44-17-9-6-14-40(37)44)55(67)62-48(25-33-19-22-38(64)23-20-33)56(68)70-32-34-11-3-2-4-12-34/h2-24,28-31,46-48,57-58,60,64-65H,25-27,32H2,1H3,(H,59,63)(H,61,66)(H,62,67)/t46-,47-,48-/m0/s1. The zero-order chi connectivity index (χ0) is 48.1. The molecule has 0 radical (unpaired) electrons. The van der Waals surface area contributed by atoms with Crippen molar-refractivity contribution in [2.75, 3.05) is 12.4 Å². The minimum Gasteiger partial charge on any atom is -0.508 e. The molecule has 4 heterocycles. The van der Waals surface area contributed by atoms with E-state index in [0.29, 0.717) is 22.6 Å². The highest BCUT2D eigenvalue weighted by atomic mass is 16.5. The fraction of sp³-hybridized carbons (Fsp3) is 0.143. The summed E-state index contributed by atoms with van der Waals surface area (Å²) >= 11 is 0. The van der Waals surface area contributed by atoms with Gasteiger partial charge in [0, 0.05) is 75.3 Å². The second kappa shape index (κ2) is 19.7. The molecule has 10 rings (SSSR count). The van der Waals surface area contributed by atoms with Gasteiger partial charge in [-0.2, -0.15) is 0 Å². The Labute approximate surface area is 401 Å². The maximum absolute atomic E-state index is 15.3. The lowest BCUT2D eigenvalue weighted by Gasteiger charge is -2.26. The number of methoxy groups -OCH3 is 1. The third-order valence-corrected chi connectivity index (χ3v) is 12.6. The number of hydrogen-bond acceptors (Lipinski definition) is 9. The number of phenols is 2. The van der Waals surface area contributed by atoms with Gasteiger partial charge in [-0.15, -0.1) is 0 Å². The van der Waals surface area contributed by atoms with Crippen LogP contribution in [0.4, 0.5) is 5.82 Å². The van der Waals surface area contributed by atoms with E-state index in [1.165, 1.54) is 19.2 Å². The van der Waals surface area contributed by atoms with Crippen LogP contribution in [0.15, 0.2) is 164 Å². The predicted molar refractivity (Wildman–Crippen MR) is 271 cm³/mol. The van der Waals surface area contributed by atoms with E-state index in [4.69, 9.17) is 14.5 Å². The number of nitrogens with zero attached hydrogens (tertiary/aromatic N) is 1. The number of fused-ring (bicyclic) bond motifs is 5. The summed E-state index contributed by atoms with van der Waals surface area (Å²) in [7, 11) is 1.48. The summed E-state index contributed by atoms with van der Waals surface area (Å²) in [5, 5.41) is 33.7. The van der Waals surface area contributed by atoms with Crippen molar-refractivity contribution in [2.45, 2.75) is 44.0 Å². The van der Waals surface area contributed by atoms with E-state index in [1.54, 1.807) is 30.3 Å². The average Bonchev–Trinajstić information content (AvgIpc) is 4.11. The molecule has 10 aromatic rings. The van der Waals surface area contributed by atoms with Crippen LogP contribution in [-0.2, 0) is 45.0 Å². The number of pyridine rings is 1. The van der Waals surface area contributed by atoms with Gasteiger partial charge in [0.15, 0.2) is 11.5 Å². The molecule has 2 amide bonds. The molecule has 0 spiro atoms. The summed E-state index contributed by atoms with van der Waals surface area (Å²) in [6, 6.07) is 42.6. The van der Waals surface area contributed by atoms with E-state index in [9.17, 15) is 19.8 Å². The van der Waals surface area contributed by atoms with Gasteiger partial charge in [-0.25, -0.2) is 9.78 Å². The van der Waals surface area contributed by atoms with Crippen molar-refractivity contribution in [1.82, 2.24) is 30.6 Å². The number of hydrogen-bond donors (Lipinski definition) is 8. The predicted octanol–water partition coefficient (Wildman–Crippen LogP) is 8.99. The maximum Gasteiger partial charge on any atom is 0.329 e. The molecule has 350 valence electrons. The van der Waals surface area contributed by atoms with Gasteiger partial charge >= 0.3 is 5.97 Å². The Balaban J connectivity index is 1.02. The van der Waals surface area contributed by atoms with Crippen LogP contribution in [0.25, 0.3) is 54.9 Å². The second-order valence-electron chi connectivity index (χ2n) is 17.2. The third kappa shape index (κ3) is 9.56. The number of para-hydroxylation sites is 3. The third-order valence-electron chi connectivity index (χ3n) is 12.6. The second-order valence-corrected chi connectivity index (χ2v) is 17.2. The van der Waals surface area contributed by atoms with Crippen LogP contribution in [0.5, 0.6) is 17.2 Å². The molecule has 0 aliphatic heterocycles. The first-order valence-electron chi connectivity index (χ1n) is 22.9.